The highest BCUT2D eigenvalue weighted by atomic mass is 19.1. The number of ether oxygens (including phenoxy) is 1. The highest BCUT2D eigenvalue weighted by molar-refractivity contribution is 6.04. The minimum absolute atomic E-state index is 0.0278. The zero-order valence-corrected chi connectivity index (χ0v) is 21.2. The summed E-state index contributed by atoms with van der Waals surface area (Å²) < 4.78 is 22.9. The molecule has 0 spiro atoms. The SMILES string of the molecule is C=CC(=O)NCc1ccc(-c2c(-c3ccc(Oc4nccc(C)n4)c(F)c3)c3c(C)ncnc3n2C)cc1. The smallest absolute Gasteiger partial charge is 0.322 e. The predicted molar refractivity (Wildman–Crippen MR) is 143 cm³/mol. The van der Waals surface area contributed by atoms with Crippen LogP contribution in [0.4, 0.5) is 4.39 Å². The van der Waals surface area contributed by atoms with Crippen molar-refractivity contribution in [3.05, 3.63) is 96.5 Å². The van der Waals surface area contributed by atoms with Gasteiger partial charge < -0.3 is 14.6 Å². The molecule has 5 aromatic rings. The first kappa shape index (κ1) is 24.8. The van der Waals surface area contributed by atoms with E-state index in [4.69, 9.17) is 4.74 Å². The molecule has 3 heterocycles. The van der Waals surface area contributed by atoms with Crippen LogP contribution >= 0.6 is 0 Å². The van der Waals surface area contributed by atoms with E-state index >= 15 is 4.39 Å². The van der Waals surface area contributed by atoms with Crippen LogP contribution in [0.1, 0.15) is 17.0 Å². The van der Waals surface area contributed by atoms with E-state index in [-0.39, 0.29) is 17.7 Å². The van der Waals surface area contributed by atoms with Gasteiger partial charge in [0.2, 0.25) is 5.91 Å². The molecule has 1 amide bonds. The Morgan fingerprint density at radius 3 is 2.55 bits per heavy atom. The molecule has 9 heteroatoms. The second-order valence-electron chi connectivity index (χ2n) is 8.79. The zero-order valence-electron chi connectivity index (χ0n) is 21.2. The number of nitrogens with one attached hydrogen (secondary N) is 1. The first-order valence-electron chi connectivity index (χ1n) is 11.9. The number of nitrogens with zero attached hydrogens (tertiary/aromatic N) is 5. The third-order valence-electron chi connectivity index (χ3n) is 6.23. The summed E-state index contributed by atoms with van der Waals surface area (Å²) in [5, 5.41) is 3.61. The molecular weight excluding hydrogens is 483 g/mol. The molecule has 0 unspecified atom stereocenters. The van der Waals surface area contributed by atoms with Gasteiger partial charge in [0.25, 0.3) is 0 Å². The van der Waals surface area contributed by atoms with E-state index in [0.29, 0.717) is 12.1 Å². The van der Waals surface area contributed by atoms with Crippen molar-refractivity contribution in [3.63, 3.8) is 0 Å². The van der Waals surface area contributed by atoms with Crippen LogP contribution in [0.25, 0.3) is 33.4 Å². The number of carbonyl (C=O) groups is 1. The van der Waals surface area contributed by atoms with Gasteiger partial charge in [-0.25, -0.2) is 24.3 Å². The number of amides is 1. The molecule has 0 saturated carbocycles. The lowest BCUT2D eigenvalue weighted by Crippen LogP contribution is -2.19. The first-order chi connectivity index (χ1) is 18.4. The van der Waals surface area contributed by atoms with Crippen molar-refractivity contribution in [2.75, 3.05) is 0 Å². The zero-order chi connectivity index (χ0) is 26.8. The van der Waals surface area contributed by atoms with Gasteiger partial charge in [-0.15, -0.1) is 0 Å². The fourth-order valence-corrected chi connectivity index (χ4v) is 4.37. The highest BCUT2D eigenvalue weighted by Crippen LogP contribution is 2.41. The van der Waals surface area contributed by atoms with Crippen molar-refractivity contribution < 1.29 is 13.9 Å². The lowest BCUT2D eigenvalue weighted by Gasteiger charge is -2.12. The molecule has 0 aliphatic heterocycles. The van der Waals surface area contributed by atoms with Gasteiger partial charge >= 0.3 is 6.01 Å². The van der Waals surface area contributed by atoms with Gasteiger partial charge in [0.1, 0.15) is 12.0 Å². The van der Waals surface area contributed by atoms with Crippen molar-refractivity contribution in [1.29, 1.82) is 0 Å². The number of aryl methyl sites for hydroxylation is 3. The summed E-state index contributed by atoms with van der Waals surface area (Å²) in [5.74, 6) is -0.749. The summed E-state index contributed by atoms with van der Waals surface area (Å²) in [7, 11) is 1.93. The maximum absolute atomic E-state index is 15.3. The first-order valence-corrected chi connectivity index (χ1v) is 11.9. The van der Waals surface area contributed by atoms with Gasteiger partial charge in [0, 0.05) is 36.4 Å². The molecule has 0 bridgehead atoms. The summed E-state index contributed by atoms with van der Waals surface area (Å²) in [6, 6.07) is 14.5. The second-order valence-corrected chi connectivity index (χ2v) is 8.79. The number of fused-ring (bicyclic) bond motifs is 1. The van der Waals surface area contributed by atoms with Crippen molar-refractivity contribution in [2.24, 2.45) is 7.05 Å². The fourth-order valence-electron chi connectivity index (χ4n) is 4.37. The van der Waals surface area contributed by atoms with E-state index in [1.807, 2.05) is 49.7 Å². The average Bonchev–Trinajstić information content (AvgIpc) is 3.22. The van der Waals surface area contributed by atoms with Crippen LogP contribution in [-0.4, -0.2) is 30.4 Å². The molecule has 0 atom stereocenters. The molecule has 38 heavy (non-hydrogen) atoms. The molecule has 0 aliphatic carbocycles. The van der Waals surface area contributed by atoms with E-state index < -0.39 is 5.82 Å². The van der Waals surface area contributed by atoms with Crippen LogP contribution in [-0.2, 0) is 18.4 Å². The number of halogens is 1. The lowest BCUT2D eigenvalue weighted by molar-refractivity contribution is -0.116. The Hall–Kier alpha value is -4.92. The number of hydrogen-bond acceptors (Lipinski definition) is 6. The van der Waals surface area contributed by atoms with Gasteiger partial charge in [-0.05, 0) is 54.8 Å². The van der Waals surface area contributed by atoms with E-state index in [1.54, 1.807) is 24.4 Å². The summed E-state index contributed by atoms with van der Waals surface area (Å²) in [4.78, 5) is 28.7. The average molecular weight is 509 g/mol. The Balaban J connectivity index is 1.59. The van der Waals surface area contributed by atoms with Crippen LogP contribution in [0.5, 0.6) is 11.8 Å². The van der Waals surface area contributed by atoms with Gasteiger partial charge in [0.15, 0.2) is 11.6 Å². The lowest BCUT2D eigenvalue weighted by atomic mass is 9.97. The standard InChI is InChI=1S/C29H25FN6O2/c1-5-24(37)32-15-19-6-8-20(9-7-19)27-26(25-18(3)33-16-34-28(25)36(27)4)21-10-11-23(22(30)14-21)38-29-31-13-12-17(2)35-29/h5-14,16H,1,15H2,2-4H3,(H,32,37). The number of carbonyl (C=O) groups excluding carboxylic acids is 1. The van der Waals surface area contributed by atoms with Gasteiger partial charge in [-0.3, -0.25) is 4.79 Å². The monoisotopic (exact) mass is 508 g/mol. The van der Waals surface area contributed by atoms with Crippen LogP contribution in [0.3, 0.4) is 0 Å². The Morgan fingerprint density at radius 2 is 1.84 bits per heavy atom. The summed E-state index contributed by atoms with van der Waals surface area (Å²) in [6.45, 7) is 7.57. The van der Waals surface area contributed by atoms with E-state index in [9.17, 15) is 4.79 Å². The molecule has 2 aromatic carbocycles. The molecule has 0 fully saturated rings. The minimum atomic E-state index is -0.543. The van der Waals surface area contributed by atoms with Gasteiger partial charge in [0.05, 0.1) is 11.4 Å². The Bertz CT molecular complexity index is 1680. The third-order valence-corrected chi connectivity index (χ3v) is 6.23. The number of hydrogen-bond donors (Lipinski definition) is 1. The fraction of sp³-hybridized carbons (Fsp3) is 0.138. The largest absolute Gasteiger partial charge is 0.421 e. The number of aromatic nitrogens is 5. The van der Waals surface area contributed by atoms with Crippen LogP contribution < -0.4 is 10.1 Å². The molecule has 190 valence electrons. The maximum Gasteiger partial charge on any atom is 0.322 e. The molecular formula is C29H25FN6O2. The van der Waals surface area contributed by atoms with Crippen LogP contribution in [0.2, 0.25) is 0 Å². The molecule has 1 N–H and O–H groups in total. The normalized spacial score (nSPS) is 10.9. The molecule has 0 aliphatic rings. The molecule has 5 rings (SSSR count). The molecule has 8 nitrogen and oxygen atoms in total. The topological polar surface area (TPSA) is 94.8 Å². The van der Waals surface area contributed by atoms with Gasteiger partial charge in [-0.2, -0.15) is 0 Å². The van der Waals surface area contributed by atoms with E-state index in [1.165, 1.54) is 18.5 Å². The quantitative estimate of drug-likeness (QED) is 0.294. The summed E-state index contributed by atoms with van der Waals surface area (Å²) in [6.07, 6.45) is 4.33. The molecule has 3 aromatic heterocycles. The van der Waals surface area contributed by atoms with Crippen molar-refractivity contribution >= 4 is 16.9 Å². The molecule has 0 radical (unpaired) electrons. The minimum Gasteiger partial charge on any atom is -0.421 e. The predicted octanol–water partition coefficient (Wildman–Crippen LogP) is 5.44. The van der Waals surface area contributed by atoms with Crippen molar-refractivity contribution in [2.45, 2.75) is 20.4 Å². The summed E-state index contributed by atoms with van der Waals surface area (Å²) >= 11 is 0. The van der Waals surface area contributed by atoms with Crippen molar-refractivity contribution in [3.8, 4) is 34.1 Å². The van der Waals surface area contributed by atoms with Gasteiger partial charge in [-0.1, -0.05) is 36.9 Å². The summed E-state index contributed by atoms with van der Waals surface area (Å²) in [5.41, 5.74) is 6.41. The van der Waals surface area contributed by atoms with E-state index in [2.05, 4.69) is 31.8 Å². The molecule has 0 saturated heterocycles. The number of rotatable bonds is 7. The number of benzene rings is 2. The maximum atomic E-state index is 15.3. The van der Waals surface area contributed by atoms with E-state index in [0.717, 1.165) is 44.8 Å². The highest BCUT2D eigenvalue weighted by Gasteiger charge is 2.22. The Morgan fingerprint density at radius 1 is 1.08 bits per heavy atom. The van der Waals surface area contributed by atoms with Crippen LogP contribution in [0.15, 0.2) is 73.7 Å². The third kappa shape index (κ3) is 4.73. The Kier molecular flexibility index (Phi) is 6.66. The Labute approximate surface area is 218 Å². The van der Waals surface area contributed by atoms with Crippen molar-refractivity contribution in [1.82, 2.24) is 29.8 Å². The second kappa shape index (κ2) is 10.2. The van der Waals surface area contributed by atoms with Crippen LogP contribution in [0, 0.1) is 19.7 Å².